The van der Waals surface area contributed by atoms with Gasteiger partial charge in [-0.3, -0.25) is 9.69 Å². The third-order valence-electron chi connectivity index (χ3n) is 4.54. The Bertz CT molecular complexity index is 601. The molecule has 2 atom stereocenters. The maximum absolute atomic E-state index is 12.7. The van der Waals surface area contributed by atoms with Crippen molar-refractivity contribution in [3.8, 4) is 0 Å². The number of likely N-dealkylation sites (tertiary alicyclic amines) is 1. The number of nitrogens with zero attached hydrogens (tertiary/aromatic N) is 1. The Hall–Kier alpha value is -2.02. The minimum atomic E-state index is -0.657. The molecule has 0 aromatic carbocycles. The molecule has 1 saturated heterocycles. The lowest BCUT2D eigenvalue weighted by molar-refractivity contribution is -0.124. The van der Waals surface area contributed by atoms with Crippen molar-refractivity contribution in [3.05, 3.63) is 24.2 Å². The van der Waals surface area contributed by atoms with E-state index >= 15 is 0 Å². The van der Waals surface area contributed by atoms with Crippen LogP contribution < -0.4 is 10.6 Å². The van der Waals surface area contributed by atoms with E-state index in [-0.39, 0.29) is 17.9 Å². The van der Waals surface area contributed by atoms with Gasteiger partial charge in [-0.15, -0.1) is 0 Å². The van der Waals surface area contributed by atoms with Crippen LogP contribution in [0.1, 0.15) is 59.3 Å². The molecule has 2 amide bonds. The first-order valence-corrected chi connectivity index (χ1v) is 9.72. The average molecular weight is 380 g/mol. The van der Waals surface area contributed by atoms with Gasteiger partial charge in [0.15, 0.2) is 0 Å². The van der Waals surface area contributed by atoms with Crippen molar-refractivity contribution in [1.82, 2.24) is 15.5 Å². The number of nitrogens with one attached hydrogen (secondary N) is 2. The largest absolute Gasteiger partial charge is 0.468 e. The Morgan fingerprint density at radius 3 is 2.44 bits per heavy atom. The third kappa shape index (κ3) is 6.57. The Labute approximate surface area is 161 Å². The Balaban J connectivity index is 1.97. The van der Waals surface area contributed by atoms with Crippen LogP contribution >= 0.6 is 0 Å². The van der Waals surface area contributed by atoms with Crippen molar-refractivity contribution in [2.75, 3.05) is 19.6 Å². The molecule has 2 heterocycles. The minimum absolute atomic E-state index is 0.000730. The van der Waals surface area contributed by atoms with Gasteiger partial charge < -0.3 is 19.8 Å². The van der Waals surface area contributed by atoms with Crippen molar-refractivity contribution >= 4 is 12.0 Å². The zero-order chi connectivity index (χ0) is 20.0. The summed E-state index contributed by atoms with van der Waals surface area (Å²) >= 11 is 0. The predicted molar refractivity (Wildman–Crippen MR) is 103 cm³/mol. The highest BCUT2D eigenvalue weighted by Crippen LogP contribution is 2.25. The lowest BCUT2D eigenvalue weighted by Gasteiger charge is -2.28. The van der Waals surface area contributed by atoms with Crippen LogP contribution in [0.5, 0.6) is 0 Å². The van der Waals surface area contributed by atoms with Crippen LogP contribution in [0, 0.1) is 5.92 Å². The molecular weight excluding hydrogens is 346 g/mol. The fourth-order valence-electron chi connectivity index (χ4n) is 3.22. The van der Waals surface area contributed by atoms with Crippen molar-refractivity contribution in [2.24, 2.45) is 5.92 Å². The summed E-state index contributed by atoms with van der Waals surface area (Å²) in [6.45, 7) is 11.6. The van der Waals surface area contributed by atoms with Gasteiger partial charge in [-0.25, -0.2) is 4.79 Å². The quantitative estimate of drug-likeness (QED) is 0.761. The fourth-order valence-corrected chi connectivity index (χ4v) is 3.22. The highest BCUT2D eigenvalue weighted by atomic mass is 16.6. The zero-order valence-corrected chi connectivity index (χ0v) is 17.1. The van der Waals surface area contributed by atoms with Crippen LogP contribution in [0.25, 0.3) is 0 Å². The van der Waals surface area contributed by atoms with E-state index in [1.165, 1.54) is 0 Å². The van der Waals surface area contributed by atoms with Crippen molar-refractivity contribution < 1.29 is 18.7 Å². The highest BCUT2D eigenvalue weighted by Gasteiger charge is 2.30. The van der Waals surface area contributed by atoms with Gasteiger partial charge in [-0.1, -0.05) is 13.8 Å². The molecule has 2 N–H and O–H groups in total. The topological polar surface area (TPSA) is 83.8 Å². The predicted octanol–water partition coefficient (Wildman–Crippen LogP) is 3.08. The van der Waals surface area contributed by atoms with E-state index in [0.29, 0.717) is 6.54 Å². The highest BCUT2D eigenvalue weighted by molar-refractivity contribution is 5.85. The van der Waals surface area contributed by atoms with Gasteiger partial charge in [-0.05, 0) is 64.8 Å². The van der Waals surface area contributed by atoms with Gasteiger partial charge in [0.1, 0.15) is 17.4 Å². The first-order chi connectivity index (χ1) is 12.7. The van der Waals surface area contributed by atoms with E-state index in [1.807, 2.05) is 26.0 Å². The van der Waals surface area contributed by atoms with Crippen LogP contribution in [0.2, 0.25) is 0 Å². The molecule has 0 saturated carbocycles. The number of ether oxygens (including phenoxy) is 1. The standard InChI is InChI=1S/C20H33N3O4/c1-14(2)17(22-19(25)27-20(3,4)5)18(24)21-13-15(16-9-8-12-26-16)23-10-6-7-11-23/h8-9,12,14-15,17H,6-7,10-11,13H2,1-5H3,(H,21,24)(H,22,25). The fraction of sp³-hybridized carbons (Fsp3) is 0.700. The molecular formula is C20H33N3O4. The molecule has 7 heteroatoms. The average Bonchev–Trinajstić information content (AvgIpc) is 3.24. The molecule has 0 radical (unpaired) electrons. The smallest absolute Gasteiger partial charge is 0.408 e. The number of amides is 2. The second-order valence-corrected chi connectivity index (χ2v) is 8.39. The van der Waals surface area contributed by atoms with Gasteiger partial charge in [-0.2, -0.15) is 0 Å². The van der Waals surface area contributed by atoms with E-state index in [0.717, 1.165) is 31.7 Å². The van der Waals surface area contributed by atoms with Crippen LogP contribution in [0.3, 0.4) is 0 Å². The second-order valence-electron chi connectivity index (χ2n) is 8.39. The van der Waals surface area contributed by atoms with E-state index < -0.39 is 17.7 Å². The van der Waals surface area contributed by atoms with Crippen molar-refractivity contribution in [1.29, 1.82) is 0 Å². The lowest BCUT2D eigenvalue weighted by Crippen LogP contribution is -2.52. The maximum atomic E-state index is 12.7. The number of hydrogen-bond acceptors (Lipinski definition) is 5. The van der Waals surface area contributed by atoms with Crippen molar-refractivity contribution in [3.63, 3.8) is 0 Å². The van der Waals surface area contributed by atoms with Crippen LogP contribution in [-0.2, 0) is 9.53 Å². The summed E-state index contributed by atoms with van der Waals surface area (Å²) in [5, 5.41) is 5.68. The lowest BCUT2D eigenvalue weighted by atomic mass is 10.0. The van der Waals surface area contributed by atoms with E-state index in [1.54, 1.807) is 27.0 Å². The molecule has 2 rings (SSSR count). The zero-order valence-electron chi connectivity index (χ0n) is 17.1. The molecule has 0 aliphatic carbocycles. The Morgan fingerprint density at radius 2 is 1.93 bits per heavy atom. The van der Waals surface area contributed by atoms with E-state index in [2.05, 4.69) is 15.5 Å². The maximum Gasteiger partial charge on any atom is 0.408 e. The number of hydrogen-bond donors (Lipinski definition) is 2. The molecule has 0 bridgehead atoms. The molecule has 7 nitrogen and oxygen atoms in total. The molecule has 27 heavy (non-hydrogen) atoms. The monoisotopic (exact) mass is 379 g/mol. The summed E-state index contributed by atoms with van der Waals surface area (Å²) in [6.07, 6.45) is 3.37. The molecule has 1 fully saturated rings. The van der Waals surface area contributed by atoms with Crippen LogP contribution in [-0.4, -0.2) is 48.2 Å². The first-order valence-electron chi connectivity index (χ1n) is 9.72. The second kappa shape index (κ2) is 9.26. The van der Waals surface area contributed by atoms with E-state index in [4.69, 9.17) is 9.15 Å². The number of carbonyl (C=O) groups excluding carboxylic acids is 2. The first kappa shape index (κ1) is 21.3. The molecule has 1 aromatic heterocycles. The van der Waals surface area contributed by atoms with Crippen LogP contribution in [0.4, 0.5) is 4.79 Å². The van der Waals surface area contributed by atoms with Crippen molar-refractivity contribution in [2.45, 2.75) is 65.1 Å². The van der Waals surface area contributed by atoms with Gasteiger partial charge in [0, 0.05) is 6.54 Å². The normalized spacial score (nSPS) is 17.6. The number of carbonyl (C=O) groups is 2. The number of furan rings is 1. The van der Waals surface area contributed by atoms with Gasteiger partial charge in [0.25, 0.3) is 0 Å². The summed E-state index contributed by atoms with van der Waals surface area (Å²) in [7, 11) is 0. The third-order valence-corrected chi connectivity index (χ3v) is 4.54. The van der Waals surface area contributed by atoms with E-state index in [9.17, 15) is 9.59 Å². The molecule has 2 unspecified atom stereocenters. The summed E-state index contributed by atoms with van der Waals surface area (Å²) in [6, 6.07) is 3.14. The SMILES string of the molecule is CC(C)C(NC(=O)OC(C)(C)C)C(=O)NCC(c1ccco1)N1CCCC1. The molecule has 1 aromatic rings. The van der Waals surface area contributed by atoms with Crippen LogP contribution in [0.15, 0.2) is 22.8 Å². The van der Waals surface area contributed by atoms with Gasteiger partial charge >= 0.3 is 6.09 Å². The number of rotatable bonds is 7. The number of alkyl carbamates (subject to hydrolysis) is 1. The molecule has 1 aliphatic rings. The van der Waals surface area contributed by atoms with Gasteiger partial charge in [0.05, 0.1) is 12.3 Å². The molecule has 152 valence electrons. The Morgan fingerprint density at radius 1 is 1.26 bits per heavy atom. The summed E-state index contributed by atoms with van der Waals surface area (Å²) < 4.78 is 10.9. The summed E-state index contributed by atoms with van der Waals surface area (Å²) in [5.74, 6) is 0.566. The Kier molecular flexibility index (Phi) is 7.30. The van der Waals surface area contributed by atoms with Gasteiger partial charge in [0.2, 0.25) is 5.91 Å². The summed E-state index contributed by atoms with van der Waals surface area (Å²) in [5.41, 5.74) is -0.609. The molecule has 1 aliphatic heterocycles. The molecule has 0 spiro atoms. The minimum Gasteiger partial charge on any atom is -0.468 e. The summed E-state index contributed by atoms with van der Waals surface area (Å²) in [4.78, 5) is 27.1.